The summed E-state index contributed by atoms with van der Waals surface area (Å²) in [5.74, 6) is -0.334. The average molecular weight is 230 g/mol. The second kappa shape index (κ2) is 8.23. The predicted octanol–water partition coefficient (Wildman–Crippen LogP) is 1.05. The van der Waals surface area contributed by atoms with Gasteiger partial charge in [-0.2, -0.15) is 0 Å². The summed E-state index contributed by atoms with van der Waals surface area (Å²) in [7, 11) is 2.02. The molecule has 0 aliphatic rings. The molecule has 0 N–H and O–H groups in total. The Balaban J connectivity index is 3.59. The molecule has 0 spiro atoms. The molecule has 0 aromatic rings. The highest BCUT2D eigenvalue weighted by Gasteiger charge is 2.02. The second-order valence-electron chi connectivity index (χ2n) is 2.99. The Kier molecular flexibility index (Phi) is 7.62. The van der Waals surface area contributed by atoms with Crippen LogP contribution in [0.15, 0.2) is 12.2 Å². The van der Waals surface area contributed by atoms with Crippen LogP contribution >= 0.6 is 0 Å². The summed E-state index contributed by atoms with van der Waals surface area (Å²) < 4.78 is 15.1. The first-order chi connectivity index (χ1) is 7.11. The maximum Gasteiger partial charge on any atom is 0.475 e. The van der Waals surface area contributed by atoms with Crippen molar-refractivity contribution >= 4 is 20.5 Å². The minimum absolute atomic E-state index is 0.334. The molecule has 0 aliphatic carbocycles. The average Bonchev–Trinajstić information content (AvgIpc) is 2.23. The molecule has 0 saturated heterocycles. The molecular formula is C10H18O4Si. The van der Waals surface area contributed by atoms with E-state index in [0.29, 0.717) is 12.2 Å². The molecule has 0 bridgehead atoms. The van der Waals surface area contributed by atoms with Gasteiger partial charge in [-0.15, -0.1) is 0 Å². The molecule has 0 heterocycles. The van der Waals surface area contributed by atoms with Gasteiger partial charge in [-0.05, 0) is 25.4 Å². The number of unbranched alkanes of at least 4 members (excludes halogenated alkanes) is 1. The van der Waals surface area contributed by atoms with Gasteiger partial charge in [-0.25, -0.2) is 4.79 Å². The summed E-state index contributed by atoms with van der Waals surface area (Å²) in [5.41, 5.74) is 2.41. The largest absolute Gasteiger partial charge is 0.526 e. The first kappa shape index (κ1) is 13.9. The molecule has 0 fully saturated rings. The lowest BCUT2D eigenvalue weighted by molar-refractivity contribution is -0.138. The van der Waals surface area contributed by atoms with Crippen LogP contribution in [-0.2, 0) is 18.4 Å². The van der Waals surface area contributed by atoms with Crippen LogP contribution in [0.2, 0.25) is 0 Å². The van der Waals surface area contributed by atoms with Gasteiger partial charge in [0.1, 0.15) is 0 Å². The SMILES string of the molecule is C=C(C)C(=O)OCCCC=[Si](OC)OC. The number of rotatable bonds is 7. The molecule has 0 radical (unpaired) electrons. The summed E-state index contributed by atoms with van der Waals surface area (Å²) in [6.45, 7) is 5.53. The molecule has 86 valence electrons. The van der Waals surface area contributed by atoms with Gasteiger partial charge in [0.2, 0.25) is 0 Å². The molecule has 0 saturated carbocycles. The van der Waals surface area contributed by atoms with Crippen LogP contribution in [0.3, 0.4) is 0 Å². The Bertz CT molecular complexity index is 242. The topological polar surface area (TPSA) is 44.8 Å². The van der Waals surface area contributed by atoms with Crippen molar-refractivity contribution in [3.8, 4) is 0 Å². The molecule has 4 nitrogen and oxygen atoms in total. The Labute approximate surface area is 92.3 Å². The smallest absolute Gasteiger partial charge is 0.475 e. The number of esters is 1. The van der Waals surface area contributed by atoms with Crippen molar-refractivity contribution < 1.29 is 18.4 Å². The van der Waals surface area contributed by atoms with Crippen molar-refractivity contribution in [2.45, 2.75) is 19.8 Å². The van der Waals surface area contributed by atoms with Gasteiger partial charge in [-0.1, -0.05) is 6.58 Å². The molecule has 0 aliphatic heterocycles. The lowest BCUT2D eigenvalue weighted by Crippen LogP contribution is -2.12. The first-order valence-electron chi connectivity index (χ1n) is 4.72. The zero-order valence-electron chi connectivity index (χ0n) is 9.54. The normalized spacial score (nSPS) is 9.00. The lowest BCUT2D eigenvalue weighted by Gasteiger charge is -2.03. The maximum atomic E-state index is 11.0. The van der Waals surface area contributed by atoms with Gasteiger partial charge in [0.15, 0.2) is 0 Å². The van der Waals surface area contributed by atoms with Gasteiger partial charge in [0.05, 0.1) is 20.8 Å². The van der Waals surface area contributed by atoms with E-state index in [-0.39, 0.29) is 5.97 Å². The molecule has 15 heavy (non-hydrogen) atoms. The molecule has 0 aromatic heterocycles. The zero-order valence-corrected chi connectivity index (χ0v) is 10.5. The number of hydrogen-bond donors (Lipinski definition) is 0. The van der Waals surface area contributed by atoms with Gasteiger partial charge >= 0.3 is 14.9 Å². The summed E-state index contributed by atoms with van der Waals surface area (Å²) >= 11 is 0. The van der Waals surface area contributed by atoms with E-state index in [2.05, 4.69) is 6.58 Å². The molecule has 0 aromatic carbocycles. The van der Waals surface area contributed by atoms with E-state index in [1.165, 1.54) is 0 Å². The molecule has 5 heteroatoms. The lowest BCUT2D eigenvalue weighted by atomic mass is 10.3. The Morgan fingerprint density at radius 3 is 2.47 bits per heavy atom. The van der Waals surface area contributed by atoms with E-state index in [1.54, 1.807) is 21.1 Å². The molecule has 0 atom stereocenters. The van der Waals surface area contributed by atoms with Gasteiger partial charge < -0.3 is 13.6 Å². The van der Waals surface area contributed by atoms with Crippen LogP contribution in [0.25, 0.3) is 0 Å². The van der Waals surface area contributed by atoms with Gasteiger partial charge in [-0.3, -0.25) is 0 Å². The molecule has 0 amide bonds. The maximum absolute atomic E-state index is 11.0. The summed E-state index contributed by atoms with van der Waals surface area (Å²) in [6.07, 6.45) is 1.60. The van der Waals surface area contributed by atoms with Crippen molar-refractivity contribution in [3.05, 3.63) is 12.2 Å². The van der Waals surface area contributed by atoms with E-state index < -0.39 is 8.90 Å². The number of ether oxygens (including phenoxy) is 1. The van der Waals surface area contributed by atoms with Gasteiger partial charge in [0, 0.05) is 5.57 Å². The van der Waals surface area contributed by atoms with E-state index in [1.807, 2.05) is 5.67 Å². The minimum atomic E-state index is -1.22. The highest BCUT2D eigenvalue weighted by molar-refractivity contribution is 6.54. The summed E-state index contributed by atoms with van der Waals surface area (Å²) in [6, 6.07) is 0. The highest BCUT2D eigenvalue weighted by atomic mass is 28.3. The van der Waals surface area contributed by atoms with E-state index in [9.17, 15) is 4.79 Å². The predicted molar refractivity (Wildman–Crippen MR) is 60.8 cm³/mol. The monoisotopic (exact) mass is 230 g/mol. The minimum Gasteiger partial charge on any atom is -0.526 e. The third kappa shape index (κ3) is 6.90. The Hall–Kier alpha value is -1.10. The quantitative estimate of drug-likeness (QED) is 0.284. The highest BCUT2D eigenvalue weighted by Crippen LogP contribution is 1.94. The third-order valence-electron chi connectivity index (χ3n) is 1.64. The fourth-order valence-electron chi connectivity index (χ4n) is 0.841. The van der Waals surface area contributed by atoms with E-state index in [4.69, 9.17) is 13.6 Å². The summed E-state index contributed by atoms with van der Waals surface area (Å²) in [5, 5.41) is 0. The van der Waals surface area contributed by atoms with Crippen LogP contribution in [0, 0.1) is 0 Å². The van der Waals surface area contributed by atoms with E-state index in [0.717, 1.165) is 12.8 Å². The molecular weight excluding hydrogens is 212 g/mol. The molecule has 0 rings (SSSR count). The van der Waals surface area contributed by atoms with Crippen molar-refractivity contribution in [3.63, 3.8) is 0 Å². The summed E-state index contributed by atoms with van der Waals surface area (Å²) in [4.78, 5) is 11.0. The zero-order chi connectivity index (χ0) is 11.7. The Morgan fingerprint density at radius 2 is 2.00 bits per heavy atom. The van der Waals surface area contributed by atoms with Crippen molar-refractivity contribution in [1.29, 1.82) is 0 Å². The first-order valence-corrected chi connectivity index (χ1v) is 6.12. The second-order valence-corrected chi connectivity index (χ2v) is 4.85. The van der Waals surface area contributed by atoms with E-state index >= 15 is 0 Å². The van der Waals surface area contributed by atoms with Crippen molar-refractivity contribution in [1.82, 2.24) is 0 Å². The van der Waals surface area contributed by atoms with Crippen molar-refractivity contribution in [2.24, 2.45) is 0 Å². The van der Waals surface area contributed by atoms with Crippen LogP contribution in [-0.4, -0.2) is 41.4 Å². The standard InChI is InChI=1S/C10H18O4Si/c1-9(2)10(11)14-7-5-6-8-15(12-3)13-4/h8H,1,5-7H2,2-4H3. The fourth-order valence-corrected chi connectivity index (χ4v) is 1.78. The fraction of sp³-hybridized carbons (Fsp3) is 0.600. The third-order valence-corrected chi connectivity index (χ3v) is 3.07. The van der Waals surface area contributed by atoms with Crippen LogP contribution in [0.5, 0.6) is 0 Å². The van der Waals surface area contributed by atoms with Crippen LogP contribution in [0.4, 0.5) is 0 Å². The number of hydrogen-bond acceptors (Lipinski definition) is 4. The number of carbonyl (C=O) groups is 1. The van der Waals surface area contributed by atoms with Crippen molar-refractivity contribution in [2.75, 3.05) is 20.8 Å². The van der Waals surface area contributed by atoms with Crippen LogP contribution < -0.4 is 0 Å². The van der Waals surface area contributed by atoms with Gasteiger partial charge in [0.25, 0.3) is 0 Å². The van der Waals surface area contributed by atoms with Crippen LogP contribution in [0.1, 0.15) is 19.8 Å². The number of carbonyl (C=O) groups excluding carboxylic acids is 1. The molecule has 0 unspecified atom stereocenters. The Morgan fingerprint density at radius 1 is 1.40 bits per heavy atom.